The summed E-state index contributed by atoms with van der Waals surface area (Å²) in [7, 11) is 3.06. The zero-order valence-electron chi connectivity index (χ0n) is 12.7. The van der Waals surface area contributed by atoms with E-state index in [1.54, 1.807) is 37.5 Å². The largest absolute Gasteiger partial charge is 0.497 e. The van der Waals surface area contributed by atoms with Gasteiger partial charge in [-0.3, -0.25) is 9.78 Å². The van der Waals surface area contributed by atoms with E-state index in [-0.39, 0.29) is 5.91 Å². The van der Waals surface area contributed by atoms with Crippen LogP contribution in [-0.2, 0) is 0 Å². The highest BCUT2D eigenvalue weighted by molar-refractivity contribution is 6.00. The van der Waals surface area contributed by atoms with Gasteiger partial charge in [-0.2, -0.15) is 5.10 Å². The minimum atomic E-state index is -0.347. The van der Waals surface area contributed by atoms with Gasteiger partial charge in [0, 0.05) is 29.6 Å². The number of carbonyl (C=O) groups is 1. The Morgan fingerprint density at radius 1 is 1.14 bits per heavy atom. The Hall–Kier alpha value is -2.89. The van der Waals surface area contributed by atoms with Crippen LogP contribution in [0.3, 0.4) is 0 Å². The lowest BCUT2D eigenvalue weighted by molar-refractivity contribution is 0.0954. The molecular weight excluding hydrogens is 282 g/mol. The Labute approximate surface area is 128 Å². The molecule has 22 heavy (non-hydrogen) atoms. The number of nitrogens with zero attached hydrogens (tertiary/aromatic N) is 2. The highest BCUT2D eigenvalue weighted by atomic mass is 16.5. The second-order valence-corrected chi connectivity index (χ2v) is 4.48. The molecule has 0 aliphatic rings. The SMILES string of the molecule is COc1cc(OC)cc(C(=O)N/N=C(/C)c2cccnc2)c1. The topological polar surface area (TPSA) is 72.8 Å². The summed E-state index contributed by atoms with van der Waals surface area (Å²) in [5.41, 5.74) is 4.41. The van der Waals surface area contributed by atoms with Gasteiger partial charge in [0.1, 0.15) is 11.5 Å². The third-order valence-corrected chi connectivity index (χ3v) is 3.02. The number of benzene rings is 1. The highest BCUT2D eigenvalue weighted by Crippen LogP contribution is 2.22. The first-order valence-corrected chi connectivity index (χ1v) is 6.62. The molecule has 6 heteroatoms. The second kappa shape index (κ2) is 7.21. The van der Waals surface area contributed by atoms with Crippen LogP contribution in [0.25, 0.3) is 0 Å². The summed E-state index contributed by atoms with van der Waals surface area (Å²) in [5.74, 6) is 0.732. The van der Waals surface area contributed by atoms with Crippen molar-refractivity contribution in [1.29, 1.82) is 0 Å². The average molecular weight is 299 g/mol. The lowest BCUT2D eigenvalue weighted by Gasteiger charge is -2.08. The normalized spacial score (nSPS) is 11.0. The highest BCUT2D eigenvalue weighted by Gasteiger charge is 2.09. The zero-order valence-corrected chi connectivity index (χ0v) is 12.7. The molecule has 0 saturated heterocycles. The quantitative estimate of drug-likeness (QED) is 0.679. The number of carbonyl (C=O) groups excluding carboxylic acids is 1. The summed E-state index contributed by atoms with van der Waals surface area (Å²) in [6.07, 6.45) is 3.36. The van der Waals surface area contributed by atoms with E-state index in [9.17, 15) is 4.79 Å². The summed E-state index contributed by atoms with van der Waals surface area (Å²) in [5, 5.41) is 4.08. The molecule has 0 atom stereocenters. The van der Waals surface area contributed by atoms with Crippen LogP contribution in [0.5, 0.6) is 11.5 Å². The summed E-state index contributed by atoms with van der Waals surface area (Å²) in [6, 6.07) is 8.61. The van der Waals surface area contributed by atoms with Crippen LogP contribution in [-0.4, -0.2) is 30.8 Å². The molecule has 0 fully saturated rings. The van der Waals surface area contributed by atoms with Crippen molar-refractivity contribution in [3.05, 3.63) is 53.9 Å². The summed E-state index contributed by atoms with van der Waals surface area (Å²) >= 11 is 0. The molecule has 2 rings (SSSR count). The van der Waals surface area contributed by atoms with Gasteiger partial charge in [0.05, 0.1) is 19.9 Å². The Morgan fingerprint density at radius 2 is 1.82 bits per heavy atom. The van der Waals surface area contributed by atoms with E-state index < -0.39 is 0 Å². The number of ether oxygens (including phenoxy) is 2. The first-order chi connectivity index (χ1) is 10.6. The third-order valence-electron chi connectivity index (χ3n) is 3.02. The molecule has 0 radical (unpaired) electrons. The maximum atomic E-state index is 12.2. The van der Waals surface area contributed by atoms with Gasteiger partial charge in [-0.25, -0.2) is 5.43 Å². The van der Waals surface area contributed by atoms with Crippen molar-refractivity contribution in [1.82, 2.24) is 10.4 Å². The van der Waals surface area contributed by atoms with Gasteiger partial charge in [-0.15, -0.1) is 0 Å². The number of nitrogens with one attached hydrogen (secondary N) is 1. The van der Waals surface area contributed by atoms with Crippen LogP contribution in [0.4, 0.5) is 0 Å². The number of methoxy groups -OCH3 is 2. The molecule has 0 unspecified atom stereocenters. The van der Waals surface area contributed by atoms with Crippen molar-refractivity contribution in [2.24, 2.45) is 5.10 Å². The molecule has 0 aliphatic heterocycles. The van der Waals surface area contributed by atoms with Crippen molar-refractivity contribution in [2.45, 2.75) is 6.92 Å². The second-order valence-electron chi connectivity index (χ2n) is 4.48. The number of aromatic nitrogens is 1. The van der Waals surface area contributed by atoms with Crippen LogP contribution < -0.4 is 14.9 Å². The number of hydrogen-bond acceptors (Lipinski definition) is 5. The average Bonchev–Trinajstić information content (AvgIpc) is 2.59. The first-order valence-electron chi connectivity index (χ1n) is 6.62. The monoisotopic (exact) mass is 299 g/mol. The summed E-state index contributed by atoms with van der Waals surface area (Å²) in [4.78, 5) is 16.2. The lowest BCUT2D eigenvalue weighted by atomic mass is 10.2. The van der Waals surface area contributed by atoms with E-state index in [2.05, 4.69) is 15.5 Å². The minimum Gasteiger partial charge on any atom is -0.497 e. The Kier molecular flexibility index (Phi) is 5.08. The standard InChI is InChI=1S/C16H17N3O3/c1-11(12-5-4-6-17-10-12)18-19-16(20)13-7-14(21-2)9-15(8-13)22-3/h4-10H,1-3H3,(H,19,20)/b18-11-. The van der Waals surface area contributed by atoms with Gasteiger partial charge in [0.15, 0.2) is 0 Å². The number of amides is 1. The van der Waals surface area contributed by atoms with Gasteiger partial charge < -0.3 is 9.47 Å². The minimum absolute atomic E-state index is 0.347. The number of pyridine rings is 1. The molecule has 0 saturated carbocycles. The molecule has 1 N–H and O–H groups in total. The molecule has 1 aromatic carbocycles. The van der Waals surface area contributed by atoms with Gasteiger partial charge in [0.2, 0.25) is 0 Å². The molecule has 0 spiro atoms. The van der Waals surface area contributed by atoms with E-state index in [1.165, 1.54) is 14.2 Å². The summed E-state index contributed by atoms with van der Waals surface area (Å²) < 4.78 is 10.3. The van der Waals surface area contributed by atoms with Crippen molar-refractivity contribution >= 4 is 11.6 Å². The van der Waals surface area contributed by atoms with Gasteiger partial charge in [-0.05, 0) is 25.1 Å². The molecule has 114 valence electrons. The summed E-state index contributed by atoms with van der Waals surface area (Å²) in [6.45, 7) is 1.80. The van der Waals surface area contributed by atoms with Gasteiger partial charge in [-0.1, -0.05) is 6.07 Å². The Bertz CT molecular complexity index is 662. The van der Waals surface area contributed by atoms with E-state index in [1.807, 2.05) is 12.1 Å². The first kappa shape index (κ1) is 15.5. The van der Waals surface area contributed by atoms with Crippen LogP contribution in [0, 0.1) is 0 Å². The zero-order chi connectivity index (χ0) is 15.9. The third kappa shape index (κ3) is 3.82. The Balaban J connectivity index is 2.15. The smallest absolute Gasteiger partial charge is 0.271 e. The van der Waals surface area contributed by atoms with Crippen molar-refractivity contribution < 1.29 is 14.3 Å². The van der Waals surface area contributed by atoms with E-state index in [4.69, 9.17) is 9.47 Å². The molecular formula is C16H17N3O3. The van der Waals surface area contributed by atoms with Crippen molar-refractivity contribution in [3.63, 3.8) is 0 Å². The molecule has 2 aromatic rings. The molecule has 0 aliphatic carbocycles. The Morgan fingerprint density at radius 3 is 2.36 bits per heavy atom. The van der Waals surface area contributed by atoms with Crippen LogP contribution >= 0.6 is 0 Å². The fourth-order valence-electron chi connectivity index (χ4n) is 1.78. The molecule has 6 nitrogen and oxygen atoms in total. The van der Waals surface area contributed by atoms with Crippen LogP contribution in [0.15, 0.2) is 47.8 Å². The molecule has 1 heterocycles. The van der Waals surface area contributed by atoms with Crippen molar-refractivity contribution in [3.8, 4) is 11.5 Å². The van der Waals surface area contributed by atoms with Gasteiger partial charge in [0.25, 0.3) is 5.91 Å². The van der Waals surface area contributed by atoms with E-state index in [0.29, 0.717) is 22.8 Å². The maximum absolute atomic E-state index is 12.2. The molecule has 1 aromatic heterocycles. The van der Waals surface area contributed by atoms with E-state index in [0.717, 1.165) is 5.56 Å². The lowest BCUT2D eigenvalue weighted by Crippen LogP contribution is -2.19. The molecule has 1 amide bonds. The van der Waals surface area contributed by atoms with Crippen LogP contribution in [0.2, 0.25) is 0 Å². The maximum Gasteiger partial charge on any atom is 0.271 e. The number of hydrazone groups is 1. The number of hydrogen-bond donors (Lipinski definition) is 1. The fourth-order valence-corrected chi connectivity index (χ4v) is 1.78. The van der Waals surface area contributed by atoms with Gasteiger partial charge >= 0.3 is 0 Å². The molecule has 0 bridgehead atoms. The number of rotatable bonds is 5. The van der Waals surface area contributed by atoms with Crippen LogP contribution in [0.1, 0.15) is 22.8 Å². The predicted octanol–water partition coefficient (Wildman–Crippen LogP) is 2.25. The predicted molar refractivity (Wildman–Crippen MR) is 83.5 cm³/mol. The fraction of sp³-hybridized carbons (Fsp3) is 0.188. The van der Waals surface area contributed by atoms with Crippen molar-refractivity contribution in [2.75, 3.05) is 14.2 Å². The van der Waals surface area contributed by atoms with E-state index >= 15 is 0 Å².